The van der Waals surface area contributed by atoms with E-state index >= 15 is 0 Å². The summed E-state index contributed by atoms with van der Waals surface area (Å²) in [7, 11) is 0. The van der Waals surface area contributed by atoms with E-state index in [-0.39, 0.29) is 12.5 Å². The number of anilines is 1. The van der Waals surface area contributed by atoms with Gasteiger partial charge in [-0.2, -0.15) is 0 Å². The molecular weight excluding hydrogens is 242 g/mol. The standard InChI is InChI=1S/C14H19N3O2/c15-7-10-3-4-13-12(6-10)17(14(18)9-19-13)8-11-2-1-5-16-11/h3-4,6,11,16H,1-2,5,7-9,15H2. The number of amides is 1. The highest BCUT2D eigenvalue weighted by molar-refractivity contribution is 5.98. The van der Waals surface area contributed by atoms with E-state index in [0.29, 0.717) is 19.1 Å². The molecule has 2 aliphatic heterocycles. The molecule has 5 nitrogen and oxygen atoms in total. The molecule has 1 amide bonds. The molecule has 1 saturated heterocycles. The zero-order valence-electron chi connectivity index (χ0n) is 10.9. The Hall–Kier alpha value is -1.59. The van der Waals surface area contributed by atoms with Gasteiger partial charge in [0, 0.05) is 19.1 Å². The highest BCUT2D eigenvalue weighted by Crippen LogP contribution is 2.33. The number of ether oxygens (including phenoxy) is 1. The summed E-state index contributed by atoms with van der Waals surface area (Å²) >= 11 is 0. The van der Waals surface area contributed by atoms with Crippen LogP contribution in [0.1, 0.15) is 18.4 Å². The maximum atomic E-state index is 12.1. The second kappa shape index (κ2) is 5.19. The molecule has 19 heavy (non-hydrogen) atoms. The predicted octanol–water partition coefficient (Wildman–Crippen LogP) is 0.623. The Morgan fingerprint density at radius 3 is 3.11 bits per heavy atom. The molecule has 3 N–H and O–H groups in total. The van der Waals surface area contributed by atoms with Gasteiger partial charge in [-0.15, -0.1) is 0 Å². The van der Waals surface area contributed by atoms with Gasteiger partial charge in [-0.3, -0.25) is 4.79 Å². The Balaban J connectivity index is 1.88. The van der Waals surface area contributed by atoms with Crippen molar-refractivity contribution >= 4 is 11.6 Å². The fourth-order valence-corrected chi connectivity index (χ4v) is 2.71. The second-order valence-electron chi connectivity index (χ2n) is 5.09. The van der Waals surface area contributed by atoms with E-state index in [2.05, 4.69) is 5.32 Å². The van der Waals surface area contributed by atoms with Crippen LogP contribution >= 0.6 is 0 Å². The van der Waals surface area contributed by atoms with E-state index in [4.69, 9.17) is 10.5 Å². The molecule has 1 unspecified atom stereocenters. The van der Waals surface area contributed by atoms with Crippen LogP contribution in [0, 0.1) is 0 Å². The molecule has 0 bridgehead atoms. The summed E-state index contributed by atoms with van der Waals surface area (Å²) in [5.41, 5.74) is 7.54. The van der Waals surface area contributed by atoms with Gasteiger partial charge >= 0.3 is 0 Å². The van der Waals surface area contributed by atoms with Crippen LogP contribution in [0.4, 0.5) is 5.69 Å². The van der Waals surface area contributed by atoms with Gasteiger partial charge in [0.25, 0.3) is 5.91 Å². The van der Waals surface area contributed by atoms with Crippen molar-refractivity contribution in [2.75, 3.05) is 24.6 Å². The molecule has 0 aliphatic carbocycles. The highest BCUT2D eigenvalue weighted by atomic mass is 16.5. The lowest BCUT2D eigenvalue weighted by atomic mass is 10.1. The fourth-order valence-electron chi connectivity index (χ4n) is 2.71. The van der Waals surface area contributed by atoms with Crippen molar-refractivity contribution in [3.8, 4) is 5.75 Å². The van der Waals surface area contributed by atoms with E-state index in [1.165, 1.54) is 6.42 Å². The fraction of sp³-hybridized carbons (Fsp3) is 0.500. The normalized spacial score (nSPS) is 22.3. The predicted molar refractivity (Wildman–Crippen MR) is 73.2 cm³/mol. The molecule has 102 valence electrons. The Morgan fingerprint density at radius 1 is 1.47 bits per heavy atom. The number of nitrogens with two attached hydrogens (primary N) is 1. The lowest BCUT2D eigenvalue weighted by molar-refractivity contribution is -0.121. The van der Waals surface area contributed by atoms with E-state index in [1.54, 1.807) is 0 Å². The first-order chi connectivity index (χ1) is 9.28. The van der Waals surface area contributed by atoms with Crippen molar-refractivity contribution in [2.45, 2.75) is 25.4 Å². The van der Waals surface area contributed by atoms with E-state index in [9.17, 15) is 4.79 Å². The number of benzene rings is 1. The number of rotatable bonds is 3. The molecule has 5 heteroatoms. The van der Waals surface area contributed by atoms with Crippen LogP contribution < -0.4 is 20.7 Å². The quantitative estimate of drug-likeness (QED) is 0.837. The first-order valence-corrected chi connectivity index (χ1v) is 6.77. The van der Waals surface area contributed by atoms with Gasteiger partial charge in [0.2, 0.25) is 0 Å². The average molecular weight is 261 g/mol. The van der Waals surface area contributed by atoms with Crippen LogP contribution in [-0.2, 0) is 11.3 Å². The number of carbonyl (C=O) groups excluding carboxylic acids is 1. The molecule has 0 aromatic heterocycles. The number of fused-ring (bicyclic) bond motifs is 1. The van der Waals surface area contributed by atoms with Crippen LogP contribution in [0.25, 0.3) is 0 Å². The minimum absolute atomic E-state index is 0.0235. The summed E-state index contributed by atoms with van der Waals surface area (Å²) in [6.45, 7) is 2.35. The van der Waals surface area contributed by atoms with Crippen molar-refractivity contribution < 1.29 is 9.53 Å². The first-order valence-electron chi connectivity index (χ1n) is 6.77. The summed E-state index contributed by atoms with van der Waals surface area (Å²) in [5, 5.41) is 3.42. The second-order valence-corrected chi connectivity index (χ2v) is 5.09. The van der Waals surface area contributed by atoms with E-state index in [1.807, 2.05) is 23.1 Å². The van der Waals surface area contributed by atoms with Crippen molar-refractivity contribution in [3.63, 3.8) is 0 Å². The van der Waals surface area contributed by atoms with Crippen molar-refractivity contribution in [2.24, 2.45) is 5.73 Å². The molecule has 0 saturated carbocycles. The van der Waals surface area contributed by atoms with Gasteiger partial charge in [-0.05, 0) is 37.1 Å². The smallest absolute Gasteiger partial charge is 0.265 e. The summed E-state index contributed by atoms with van der Waals surface area (Å²) < 4.78 is 5.48. The zero-order valence-corrected chi connectivity index (χ0v) is 10.9. The minimum Gasteiger partial charge on any atom is -0.482 e. The van der Waals surface area contributed by atoms with Gasteiger partial charge in [0.1, 0.15) is 5.75 Å². The highest BCUT2D eigenvalue weighted by Gasteiger charge is 2.28. The summed E-state index contributed by atoms with van der Waals surface area (Å²) in [5.74, 6) is 0.796. The zero-order chi connectivity index (χ0) is 13.2. The summed E-state index contributed by atoms with van der Waals surface area (Å²) in [4.78, 5) is 13.9. The van der Waals surface area contributed by atoms with Gasteiger partial charge in [0.05, 0.1) is 5.69 Å². The molecule has 2 heterocycles. The lowest BCUT2D eigenvalue weighted by Gasteiger charge is -2.31. The topological polar surface area (TPSA) is 67.6 Å². The Morgan fingerprint density at radius 2 is 2.37 bits per heavy atom. The number of hydrogen-bond acceptors (Lipinski definition) is 4. The van der Waals surface area contributed by atoms with Crippen molar-refractivity contribution in [3.05, 3.63) is 23.8 Å². The first kappa shape index (κ1) is 12.4. The van der Waals surface area contributed by atoms with Crippen LogP contribution in [-0.4, -0.2) is 31.6 Å². The maximum Gasteiger partial charge on any atom is 0.265 e. The van der Waals surface area contributed by atoms with Crippen LogP contribution in [0.5, 0.6) is 5.75 Å². The van der Waals surface area contributed by atoms with E-state index < -0.39 is 0 Å². The number of nitrogens with one attached hydrogen (secondary N) is 1. The average Bonchev–Trinajstić information content (AvgIpc) is 2.94. The van der Waals surface area contributed by atoms with E-state index in [0.717, 1.165) is 30.0 Å². The molecule has 2 aliphatic rings. The third kappa shape index (κ3) is 2.43. The van der Waals surface area contributed by atoms with Crippen LogP contribution in [0.3, 0.4) is 0 Å². The Bertz CT molecular complexity index is 484. The maximum absolute atomic E-state index is 12.1. The largest absolute Gasteiger partial charge is 0.482 e. The minimum atomic E-state index is 0.0235. The SMILES string of the molecule is NCc1ccc2c(c1)N(CC1CCCN1)C(=O)CO2. The lowest BCUT2D eigenvalue weighted by Crippen LogP contribution is -2.45. The Kier molecular flexibility index (Phi) is 3.40. The molecular formula is C14H19N3O2. The molecule has 3 rings (SSSR count). The van der Waals surface area contributed by atoms with Crippen molar-refractivity contribution in [1.29, 1.82) is 0 Å². The number of hydrogen-bond donors (Lipinski definition) is 2. The monoisotopic (exact) mass is 261 g/mol. The van der Waals surface area contributed by atoms with Crippen molar-refractivity contribution in [1.82, 2.24) is 5.32 Å². The number of carbonyl (C=O) groups is 1. The summed E-state index contributed by atoms with van der Waals surface area (Å²) in [6.07, 6.45) is 2.30. The third-order valence-electron chi connectivity index (χ3n) is 3.77. The van der Waals surface area contributed by atoms with Gasteiger partial charge in [0.15, 0.2) is 6.61 Å². The van der Waals surface area contributed by atoms with Gasteiger partial charge in [-0.1, -0.05) is 6.07 Å². The number of nitrogens with zero attached hydrogens (tertiary/aromatic N) is 1. The third-order valence-corrected chi connectivity index (χ3v) is 3.77. The molecule has 0 radical (unpaired) electrons. The van der Waals surface area contributed by atoms with Crippen LogP contribution in [0.15, 0.2) is 18.2 Å². The van der Waals surface area contributed by atoms with Gasteiger partial charge in [-0.25, -0.2) is 0 Å². The molecule has 1 aromatic rings. The molecule has 1 atom stereocenters. The Labute approximate surface area is 112 Å². The molecule has 0 spiro atoms. The van der Waals surface area contributed by atoms with Crippen LogP contribution in [0.2, 0.25) is 0 Å². The molecule has 1 aromatic carbocycles. The molecule has 1 fully saturated rings. The van der Waals surface area contributed by atoms with Gasteiger partial charge < -0.3 is 20.7 Å². The summed E-state index contributed by atoms with van der Waals surface area (Å²) in [6, 6.07) is 6.19.